The summed E-state index contributed by atoms with van der Waals surface area (Å²) in [6, 6.07) is 12.4. The topological polar surface area (TPSA) is 104 Å². The van der Waals surface area contributed by atoms with Gasteiger partial charge in [0.25, 0.3) is 5.91 Å². The van der Waals surface area contributed by atoms with Crippen LogP contribution in [0.15, 0.2) is 54.7 Å². The minimum absolute atomic E-state index is 0.0108. The van der Waals surface area contributed by atoms with Crippen LogP contribution in [0.4, 0.5) is 5.82 Å². The number of ether oxygens (including phenoxy) is 3. The summed E-state index contributed by atoms with van der Waals surface area (Å²) in [6.07, 6.45) is 0.114. The van der Waals surface area contributed by atoms with Crippen LogP contribution in [0.5, 0.6) is 11.5 Å². The molecule has 2 aromatic carbocycles. The van der Waals surface area contributed by atoms with Crippen molar-refractivity contribution in [2.75, 3.05) is 18.5 Å². The third-order valence-corrected chi connectivity index (χ3v) is 5.39. The molecule has 10 heteroatoms. The molecule has 0 radical (unpaired) electrons. The highest BCUT2D eigenvalue weighted by Crippen LogP contribution is 2.30. The van der Waals surface area contributed by atoms with Crippen molar-refractivity contribution in [3.8, 4) is 11.5 Å². The van der Waals surface area contributed by atoms with E-state index in [9.17, 15) is 14.4 Å². The van der Waals surface area contributed by atoms with E-state index in [2.05, 4.69) is 10.3 Å². The average molecular weight is 531 g/mol. The lowest BCUT2D eigenvalue weighted by Crippen LogP contribution is -2.30. The van der Waals surface area contributed by atoms with E-state index in [1.54, 1.807) is 30.3 Å². The molecule has 0 fully saturated rings. The minimum Gasteiger partial charge on any atom is -0.490 e. The molecule has 0 spiro atoms. The monoisotopic (exact) mass is 530 g/mol. The number of rotatable bonds is 10. The second-order valence-corrected chi connectivity index (χ2v) is 8.27. The minimum atomic E-state index is -1.20. The van der Waals surface area contributed by atoms with Gasteiger partial charge in [0.15, 0.2) is 29.2 Å². The molecule has 1 heterocycles. The molecule has 0 saturated heterocycles. The van der Waals surface area contributed by atoms with Gasteiger partial charge in [-0.25, -0.2) is 9.78 Å². The van der Waals surface area contributed by atoms with E-state index >= 15 is 0 Å². The molecule has 1 aromatic heterocycles. The van der Waals surface area contributed by atoms with Crippen molar-refractivity contribution in [1.29, 1.82) is 0 Å². The molecule has 1 N–H and O–H groups in total. The van der Waals surface area contributed by atoms with Crippen molar-refractivity contribution < 1.29 is 28.6 Å². The fraction of sp³-hybridized carbons (Fsp3) is 0.231. The van der Waals surface area contributed by atoms with Crippen molar-refractivity contribution in [2.24, 2.45) is 0 Å². The average Bonchev–Trinajstić information content (AvgIpc) is 2.86. The van der Waals surface area contributed by atoms with E-state index in [1.807, 2.05) is 13.8 Å². The number of ketones is 1. The van der Waals surface area contributed by atoms with Crippen LogP contribution >= 0.6 is 23.2 Å². The summed E-state index contributed by atoms with van der Waals surface area (Å²) >= 11 is 11.8. The van der Waals surface area contributed by atoms with E-state index in [-0.39, 0.29) is 22.0 Å². The second kappa shape index (κ2) is 12.4. The van der Waals surface area contributed by atoms with Gasteiger partial charge >= 0.3 is 5.97 Å². The Kier molecular flexibility index (Phi) is 9.27. The molecule has 1 amide bonds. The van der Waals surface area contributed by atoms with E-state index in [1.165, 1.54) is 31.3 Å². The van der Waals surface area contributed by atoms with Gasteiger partial charge in [0.1, 0.15) is 0 Å². The fourth-order valence-electron chi connectivity index (χ4n) is 3.21. The maximum atomic E-state index is 13.3. The third kappa shape index (κ3) is 6.53. The summed E-state index contributed by atoms with van der Waals surface area (Å²) in [6.45, 7) is 5.88. The van der Waals surface area contributed by atoms with Crippen LogP contribution in [0, 0.1) is 0 Å². The summed E-state index contributed by atoms with van der Waals surface area (Å²) < 4.78 is 16.5. The third-order valence-electron chi connectivity index (χ3n) is 4.90. The molecule has 0 aliphatic heterocycles. The summed E-state index contributed by atoms with van der Waals surface area (Å²) in [4.78, 5) is 42.7. The molecule has 0 aliphatic rings. The van der Waals surface area contributed by atoms with Gasteiger partial charge in [-0.2, -0.15) is 0 Å². The number of pyridine rings is 1. The van der Waals surface area contributed by atoms with Crippen molar-refractivity contribution in [2.45, 2.75) is 26.9 Å². The highest BCUT2D eigenvalue weighted by Gasteiger charge is 2.25. The van der Waals surface area contributed by atoms with Gasteiger partial charge in [0.05, 0.1) is 28.8 Å². The molecular formula is C26H24Cl2N2O6. The number of halogens is 2. The normalized spacial score (nSPS) is 11.4. The Bertz CT molecular complexity index is 1280. The van der Waals surface area contributed by atoms with Gasteiger partial charge in [-0.15, -0.1) is 0 Å². The molecule has 188 valence electrons. The Balaban J connectivity index is 1.79. The maximum Gasteiger partial charge on any atom is 0.339 e. The largest absolute Gasteiger partial charge is 0.490 e. The van der Waals surface area contributed by atoms with Crippen LogP contribution in [-0.2, 0) is 9.53 Å². The molecule has 8 nitrogen and oxygen atoms in total. The first kappa shape index (κ1) is 27.0. The number of hydrogen-bond donors (Lipinski definition) is 1. The molecule has 0 aliphatic carbocycles. The second-order valence-electron chi connectivity index (χ2n) is 7.42. The standard InChI is InChI=1S/C26H24Cl2N2O6/c1-4-34-21-11-10-16(12-22(21)35-5-2)23(31)18-8-6-7-9-19(18)26(33)36-15(3)25(32)30-24-20(28)13-17(27)14-29-24/h6-15H,4-5H2,1-3H3,(H,29,30,32)/t15-/m1/s1. The van der Waals surface area contributed by atoms with Crippen LogP contribution in [0.25, 0.3) is 0 Å². The molecule has 1 atom stereocenters. The van der Waals surface area contributed by atoms with E-state index < -0.39 is 23.8 Å². The quantitative estimate of drug-likeness (QED) is 0.268. The van der Waals surface area contributed by atoms with Gasteiger partial charge < -0.3 is 19.5 Å². The molecule has 0 unspecified atom stereocenters. The smallest absolute Gasteiger partial charge is 0.339 e. The van der Waals surface area contributed by atoms with Crippen LogP contribution in [-0.4, -0.2) is 42.0 Å². The van der Waals surface area contributed by atoms with Gasteiger partial charge in [-0.05, 0) is 51.1 Å². The van der Waals surface area contributed by atoms with Gasteiger partial charge in [0.2, 0.25) is 0 Å². The Morgan fingerprint density at radius 2 is 1.61 bits per heavy atom. The molecule has 36 heavy (non-hydrogen) atoms. The Morgan fingerprint density at radius 3 is 2.28 bits per heavy atom. The number of amides is 1. The first-order chi connectivity index (χ1) is 17.2. The number of carbonyl (C=O) groups is 3. The number of anilines is 1. The first-order valence-corrected chi connectivity index (χ1v) is 11.9. The number of hydrogen-bond acceptors (Lipinski definition) is 7. The van der Waals surface area contributed by atoms with Crippen LogP contribution in [0.3, 0.4) is 0 Å². The van der Waals surface area contributed by atoms with Gasteiger partial charge in [-0.1, -0.05) is 41.4 Å². The SMILES string of the molecule is CCOc1ccc(C(=O)c2ccccc2C(=O)O[C@H](C)C(=O)Nc2ncc(Cl)cc2Cl)cc1OCC. The van der Waals surface area contributed by atoms with E-state index in [0.29, 0.717) is 35.3 Å². The van der Waals surface area contributed by atoms with E-state index in [4.69, 9.17) is 37.4 Å². The summed E-state index contributed by atoms with van der Waals surface area (Å²) in [5, 5.41) is 2.92. The summed E-state index contributed by atoms with van der Waals surface area (Å²) in [7, 11) is 0. The molecular weight excluding hydrogens is 507 g/mol. The zero-order valence-electron chi connectivity index (χ0n) is 19.8. The van der Waals surface area contributed by atoms with Crippen LogP contribution in [0.2, 0.25) is 10.0 Å². The van der Waals surface area contributed by atoms with Crippen LogP contribution in [0.1, 0.15) is 47.1 Å². The Morgan fingerprint density at radius 1 is 0.944 bits per heavy atom. The number of nitrogens with one attached hydrogen (secondary N) is 1. The molecule has 3 aromatic rings. The molecule has 3 rings (SSSR count). The highest BCUT2D eigenvalue weighted by atomic mass is 35.5. The maximum absolute atomic E-state index is 13.3. The number of aromatic nitrogens is 1. The lowest BCUT2D eigenvalue weighted by Gasteiger charge is -2.15. The Hall–Kier alpha value is -3.62. The van der Waals surface area contributed by atoms with Gasteiger partial charge in [-0.3, -0.25) is 9.59 Å². The zero-order valence-corrected chi connectivity index (χ0v) is 21.4. The van der Waals surface area contributed by atoms with Gasteiger partial charge in [0, 0.05) is 17.3 Å². The molecule has 0 bridgehead atoms. The van der Waals surface area contributed by atoms with Crippen molar-refractivity contribution in [3.05, 3.63) is 81.5 Å². The molecule has 0 saturated carbocycles. The Labute approximate surface area is 218 Å². The number of nitrogens with zero attached hydrogens (tertiary/aromatic N) is 1. The number of carbonyl (C=O) groups excluding carboxylic acids is 3. The van der Waals surface area contributed by atoms with Crippen LogP contribution < -0.4 is 14.8 Å². The number of benzene rings is 2. The van der Waals surface area contributed by atoms with Crippen molar-refractivity contribution >= 4 is 46.7 Å². The summed E-state index contributed by atoms with van der Waals surface area (Å²) in [5.41, 5.74) is 0.428. The van der Waals surface area contributed by atoms with E-state index in [0.717, 1.165) is 0 Å². The highest BCUT2D eigenvalue weighted by molar-refractivity contribution is 6.36. The fourth-order valence-corrected chi connectivity index (χ4v) is 3.64. The van der Waals surface area contributed by atoms with Crippen molar-refractivity contribution in [1.82, 2.24) is 4.98 Å². The predicted molar refractivity (Wildman–Crippen MR) is 136 cm³/mol. The predicted octanol–water partition coefficient (Wildman–Crippen LogP) is 5.60. The zero-order chi connectivity index (χ0) is 26.2. The summed E-state index contributed by atoms with van der Waals surface area (Å²) in [5.74, 6) is -0.904. The number of esters is 1. The lowest BCUT2D eigenvalue weighted by molar-refractivity contribution is -0.123. The lowest BCUT2D eigenvalue weighted by atomic mass is 9.98. The van der Waals surface area contributed by atoms with Crippen molar-refractivity contribution in [3.63, 3.8) is 0 Å². The first-order valence-electron chi connectivity index (χ1n) is 11.1.